The summed E-state index contributed by atoms with van der Waals surface area (Å²) in [5, 5.41) is 19.3. The third-order valence-corrected chi connectivity index (χ3v) is 6.04. The largest absolute Gasteiger partial charge is 0.431 e. The highest BCUT2D eigenvalue weighted by atomic mass is 19.4. The molecule has 0 saturated carbocycles. The van der Waals surface area contributed by atoms with Crippen molar-refractivity contribution in [1.82, 2.24) is 0 Å². The van der Waals surface area contributed by atoms with Crippen molar-refractivity contribution >= 4 is 0 Å². The van der Waals surface area contributed by atoms with E-state index in [1.54, 1.807) is 6.92 Å². The van der Waals surface area contributed by atoms with E-state index in [2.05, 4.69) is 9.47 Å². The van der Waals surface area contributed by atoms with Gasteiger partial charge in [-0.2, -0.15) is 43.9 Å². The van der Waals surface area contributed by atoms with E-state index >= 15 is 0 Å². The maximum atomic E-state index is 13.3. The lowest BCUT2D eigenvalue weighted by atomic mass is 9.83. The van der Waals surface area contributed by atoms with Crippen molar-refractivity contribution in [2.75, 3.05) is 0 Å². The van der Waals surface area contributed by atoms with Gasteiger partial charge in [-0.1, -0.05) is 30.3 Å². The standard InChI is InChI=1S/C25H20F10NO4/c1-13-12-36(38)9-8-15(13)10-18(16-4-7-19(39-21(26)27)20(11-16)40-22(28)29)14-2-5-17(6-3-14)23(37,24(30,31)32)25(33,34)35/h2-9,11-12,18,21-22,37-38H,10H2,1H3/q+1. The first kappa shape index (κ1) is 30.8. The summed E-state index contributed by atoms with van der Waals surface area (Å²) in [5.41, 5.74) is -5.52. The molecule has 218 valence electrons. The Morgan fingerprint density at radius 1 is 0.775 bits per heavy atom. The van der Waals surface area contributed by atoms with Gasteiger partial charge in [0.2, 0.25) is 12.4 Å². The molecule has 0 saturated heterocycles. The van der Waals surface area contributed by atoms with E-state index in [0.717, 1.165) is 29.0 Å². The third-order valence-electron chi connectivity index (χ3n) is 6.04. The summed E-state index contributed by atoms with van der Waals surface area (Å²) in [4.78, 5) is 0. The lowest BCUT2D eigenvalue weighted by Gasteiger charge is -2.33. The van der Waals surface area contributed by atoms with Gasteiger partial charge in [0, 0.05) is 27.8 Å². The molecule has 3 rings (SSSR count). The van der Waals surface area contributed by atoms with Gasteiger partial charge in [0.05, 0.1) is 0 Å². The SMILES string of the molecule is Cc1c[n+](O)ccc1CC(c1ccc(C(O)(C(F)(F)F)C(F)(F)F)cc1)c1ccc(OC(F)F)c(OC(F)F)c1. The highest BCUT2D eigenvalue weighted by molar-refractivity contribution is 5.47. The fourth-order valence-electron chi connectivity index (χ4n) is 4.07. The van der Waals surface area contributed by atoms with Crippen molar-refractivity contribution in [2.45, 2.75) is 50.4 Å². The summed E-state index contributed by atoms with van der Waals surface area (Å²) in [6, 6.07) is 7.06. The minimum absolute atomic E-state index is 0.0437. The van der Waals surface area contributed by atoms with Crippen LogP contribution in [0, 0.1) is 6.92 Å². The number of hydrogen-bond acceptors (Lipinski definition) is 4. The lowest BCUT2D eigenvalue weighted by molar-refractivity contribution is -0.905. The predicted octanol–water partition coefficient (Wildman–Crippen LogP) is 6.41. The summed E-state index contributed by atoms with van der Waals surface area (Å²) in [5.74, 6) is -2.52. The van der Waals surface area contributed by atoms with Crippen LogP contribution in [0.4, 0.5) is 43.9 Å². The predicted molar refractivity (Wildman–Crippen MR) is 116 cm³/mol. The summed E-state index contributed by atoms with van der Waals surface area (Å²) in [6.45, 7) is -5.26. The quantitative estimate of drug-likeness (QED) is 0.172. The molecule has 0 amide bonds. The number of aromatic nitrogens is 1. The zero-order chi connectivity index (χ0) is 30.0. The molecule has 1 atom stereocenters. The molecule has 1 aromatic heterocycles. The average molecular weight is 588 g/mol. The van der Waals surface area contributed by atoms with Gasteiger partial charge in [0.25, 0.3) is 5.60 Å². The highest BCUT2D eigenvalue weighted by Crippen LogP contribution is 2.50. The van der Waals surface area contributed by atoms with Crippen LogP contribution >= 0.6 is 0 Å². The number of nitrogens with zero attached hydrogens (tertiary/aromatic N) is 1. The molecule has 0 fully saturated rings. The summed E-state index contributed by atoms with van der Waals surface area (Å²) in [6.07, 6.45) is -9.74. The van der Waals surface area contributed by atoms with Crippen LogP contribution in [-0.4, -0.2) is 35.9 Å². The second-order valence-electron chi connectivity index (χ2n) is 8.58. The van der Waals surface area contributed by atoms with Crippen LogP contribution in [0.3, 0.4) is 0 Å². The van der Waals surface area contributed by atoms with Crippen molar-refractivity contribution in [2.24, 2.45) is 0 Å². The van der Waals surface area contributed by atoms with E-state index in [0.29, 0.717) is 23.3 Å². The van der Waals surface area contributed by atoms with Crippen LogP contribution in [0.1, 0.15) is 33.7 Å². The van der Waals surface area contributed by atoms with Gasteiger partial charge in [-0.15, -0.1) is 0 Å². The number of pyridine rings is 1. The van der Waals surface area contributed by atoms with Crippen LogP contribution in [0.2, 0.25) is 0 Å². The van der Waals surface area contributed by atoms with E-state index in [1.165, 1.54) is 24.5 Å². The Hall–Kier alpha value is -3.75. The Balaban J connectivity index is 2.15. The molecular weight excluding hydrogens is 568 g/mol. The van der Waals surface area contributed by atoms with Crippen molar-refractivity contribution in [1.29, 1.82) is 0 Å². The summed E-state index contributed by atoms with van der Waals surface area (Å²) >= 11 is 0. The topological polar surface area (TPSA) is 62.8 Å². The second-order valence-corrected chi connectivity index (χ2v) is 8.58. The first-order valence-electron chi connectivity index (χ1n) is 11.1. The van der Waals surface area contributed by atoms with Gasteiger partial charge >= 0.3 is 25.6 Å². The van der Waals surface area contributed by atoms with Crippen molar-refractivity contribution in [3.05, 3.63) is 88.7 Å². The number of aryl methyl sites for hydroxylation is 1. The van der Waals surface area contributed by atoms with Crippen LogP contribution in [0.15, 0.2) is 60.9 Å². The average Bonchev–Trinajstić information content (AvgIpc) is 2.82. The fraction of sp³-hybridized carbons (Fsp3) is 0.320. The van der Waals surface area contributed by atoms with Gasteiger partial charge < -0.3 is 14.6 Å². The molecule has 2 aromatic carbocycles. The molecule has 1 unspecified atom stereocenters. The first-order valence-corrected chi connectivity index (χ1v) is 11.1. The molecule has 0 aliphatic rings. The van der Waals surface area contributed by atoms with Crippen molar-refractivity contribution < 1.29 is 68.4 Å². The number of rotatable bonds is 9. The molecule has 3 aromatic rings. The van der Waals surface area contributed by atoms with Gasteiger partial charge in [-0.05, 0) is 42.2 Å². The van der Waals surface area contributed by atoms with Crippen molar-refractivity contribution in [3.63, 3.8) is 0 Å². The highest BCUT2D eigenvalue weighted by Gasteiger charge is 2.71. The summed E-state index contributed by atoms with van der Waals surface area (Å²) in [7, 11) is 0. The number of ether oxygens (including phenoxy) is 2. The summed E-state index contributed by atoms with van der Waals surface area (Å²) < 4.78 is 141. The Morgan fingerprint density at radius 2 is 1.30 bits per heavy atom. The molecular formula is C25H20F10NO4+. The monoisotopic (exact) mass is 588 g/mol. The maximum absolute atomic E-state index is 13.3. The minimum atomic E-state index is -6.12. The molecule has 1 heterocycles. The van der Waals surface area contributed by atoms with Crippen LogP contribution in [-0.2, 0) is 12.0 Å². The van der Waals surface area contributed by atoms with Crippen molar-refractivity contribution in [3.8, 4) is 11.5 Å². The van der Waals surface area contributed by atoms with Crippen LogP contribution < -0.4 is 14.2 Å². The number of alkyl halides is 10. The first-order chi connectivity index (χ1) is 18.4. The zero-order valence-corrected chi connectivity index (χ0v) is 20.2. The Bertz CT molecular complexity index is 1300. The number of benzene rings is 2. The van der Waals surface area contributed by atoms with Gasteiger partial charge in [-0.3, -0.25) is 5.21 Å². The maximum Gasteiger partial charge on any atom is 0.430 e. The van der Waals surface area contributed by atoms with E-state index in [1.807, 2.05) is 0 Å². The Labute approximate surface area is 219 Å². The zero-order valence-electron chi connectivity index (χ0n) is 20.2. The van der Waals surface area contributed by atoms with Crippen LogP contribution in [0.5, 0.6) is 11.5 Å². The van der Waals surface area contributed by atoms with E-state index in [4.69, 9.17) is 0 Å². The van der Waals surface area contributed by atoms with E-state index in [-0.39, 0.29) is 17.5 Å². The molecule has 0 radical (unpaired) electrons. The Morgan fingerprint density at radius 3 is 1.80 bits per heavy atom. The third kappa shape index (κ3) is 6.51. The molecule has 15 heteroatoms. The second kappa shape index (κ2) is 11.4. The smallest absolute Gasteiger partial charge is 0.430 e. The lowest BCUT2D eigenvalue weighted by Crippen LogP contribution is -2.53. The van der Waals surface area contributed by atoms with Crippen LogP contribution in [0.25, 0.3) is 0 Å². The molecule has 0 bridgehead atoms. The molecule has 0 aliphatic heterocycles. The number of aliphatic hydroxyl groups is 1. The molecule has 0 aliphatic carbocycles. The minimum Gasteiger partial charge on any atom is -0.431 e. The number of halogens is 10. The molecule has 0 spiro atoms. The number of hydrogen-bond donors (Lipinski definition) is 2. The molecule has 40 heavy (non-hydrogen) atoms. The van der Waals surface area contributed by atoms with Gasteiger partial charge in [0.15, 0.2) is 11.5 Å². The Kier molecular flexibility index (Phi) is 8.77. The molecule has 2 N–H and O–H groups in total. The van der Waals surface area contributed by atoms with E-state index < -0.39 is 54.2 Å². The van der Waals surface area contributed by atoms with Gasteiger partial charge in [0.1, 0.15) is 0 Å². The van der Waals surface area contributed by atoms with E-state index in [9.17, 15) is 54.2 Å². The fourth-order valence-corrected chi connectivity index (χ4v) is 4.07. The van der Waals surface area contributed by atoms with Gasteiger partial charge in [-0.25, -0.2) is 0 Å². The normalized spacial score (nSPS) is 13.6. The molecule has 5 nitrogen and oxygen atoms in total.